The molecule has 5 nitrogen and oxygen atoms in total. The third-order valence-corrected chi connectivity index (χ3v) is 2.53. The molecule has 0 unspecified atom stereocenters. The van der Waals surface area contributed by atoms with Crippen molar-refractivity contribution in [2.24, 2.45) is 0 Å². The summed E-state index contributed by atoms with van der Waals surface area (Å²) in [5.74, 6) is -0.747. The molecular weight excluding hydrogens is 277 g/mol. The zero-order valence-electron chi connectivity index (χ0n) is 10.7. The summed E-state index contributed by atoms with van der Waals surface area (Å²) in [5.41, 5.74) is -1.12. The topological polar surface area (TPSA) is 52.8 Å². The van der Waals surface area contributed by atoms with Crippen LogP contribution in [-0.2, 0) is 10.9 Å². The molecule has 8 heteroatoms. The van der Waals surface area contributed by atoms with E-state index in [2.05, 4.69) is 9.84 Å². The van der Waals surface area contributed by atoms with E-state index in [0.29, 0.717) is 4.52 Å². The molecule has 0 bridgehead atoms. The second-order valence-corrected chi connectivity index (χ2v) is 3.86. The number of methoxy groups -OCH3 is 1. The Morgan fingerprint density at radius 2 is 2.05 bits per heavy atom. The highest BCUT2D eigenvalue weighted by Crippen LogP contribution is 2.32. The lowest BCUT2D eigenvalue weighted by atomic mass is 10.3. The number of nitrogens with zero attached hydrogens (tertiary/aromatic N) is 2. The fraction of sp³-hybridized carbons (Fsp3) is 0.333. The Morgan fingerprint density at radius 1 is 1.35 bits per heavy atom. The fourth-order valence-corrected chi connectivity index (χ4v) is 1.73. The number of hydrogen-bond donors (Lipinski definition) is 0. The van der Waals surface area contributed by atoms with Crippen LogP contribution in [0.5, 0.6) is 5.75 Å². The van der Waals surface area contributed by atoms with E-state index in [1.54, 1.807) is 6.92 Å². The van der Waals surface area contributed by atoms with E-state index < -0.39 is 17.8 Å². The highest BCUT2D eigenvalue weighted by Gasteiger charge is 2.35. The van der Waals surface area contributed by atoms with Crippen molar-refractivity contribution in [2.75, 3.05) is 13.7 Å². The van der Waals surface area contributed by atoms with Crippen molar-refractivity contribution in [1.29, 1.82) is 0 Å². The van der Waals surface area contributed by atoms with Crippen LogP contribution in [-0.4, -0.2) is 29.3 Å². The number of aromatic nitrogens is 2. The number of carbonyl (C=O) groups is 1. The lowest BCUT2D eigenvalue weighted by molar-refractivity contribution is -0.142. The first-order valence-corrected chi connectivity index (χ1v) is 5.69. The molecule has 0 N–H and O–H groups in total. The number of halogens is 3. The highest BCUT2D eigenvalue weighted by molar-refractivity contribution is 5.88. The van der Waals surface area contributed by atoms with Crippen LogP contribution in [0.3, 0.4) is 0 Å². The molecule has 20 heavy (non-hydrogen) atoms. The van der Waals surface area contributed by atoms with Crippen molar-refractivity contribution in [3.05, 3.63) is 29.6 Å². The van der Waals surface area contributed by atoms with Crippen molar-refractivity contribution in [3.8, 4) is 5.75 Å². The number of rotatable bonds is 3. The molecule has 0 aliphatic carbocycles. The zero-order chi connectivity index (χ0) is 14.9. The summed E-state index contributed by atoms with van der Waals surface area (Å²) in [6.07, 6.45) is -4.62. The van der Waals surface area contributed by atoms with Gasteiger partial charge in [0.1, 0.15) is 11.4 Å². The molecule has 0 fully saturated rings. The summed E-state index contributed by atoms with van der Waals surface area (Å²) in [5, 5.41) is 3.62. The second kappa shape index (κ2) is 5.03. The maximum absolute atomic E-state index is 13.0. The Kier molecular flexibility index (Phi) is 3.56. The van der Waals surface area contributed by atoms with Crippen LogP contribution in [0, 0.1) is 0 Å². The summed E-state index contributed by atoms with van der Waals surface area (Å²) in [6, 6.07) is 3.42. The Hall–Kier alpha value is -2.25. The van der Waals surface area contributed by atoms with Crippen molar-refractivity contribution < 1.29 is 27.4 Å². The highest BCUT2D eigenvalue weighted by atomic mass is 19.4. The summed E-state index contributed by atoms with van der Waals surface area (Å²) in [4.78, 5) is 11.3. The molecule has 0 aliphatic heterocycles. The van der Waals surface area contributed by atoms with Gasteiger partial charge in [-0.05, 0) is 13.0 Å². The molecule has 0 aromatic carbocycles. The van der Waals surface area contributed by atoms with E-state index in [1.807, 2.05) is 0 Å². The van der Waals surface area contributed by atoms with Gasteiger partial charge in [0.15, 0.2) is 5.69 Å². The second-order valence-electron chi connectivity index (χ2n) is 3.86. The van der Waals surface area contributed by atoms with E-state index in [4.69, 9.17) is 4.74 Å². The minimum absolute atomic E-state index is 0.0589. The number of hydrogen-bond acceptors (Lipinski definition) is 4. The minimum Gasteiger partial charge on any atom is -0.494 e. The molecular formula is C12H11F3N2O3. The number of fused-ring (bicyclic) bond motifs is 1. The van der Waals surface area contributed by atoms with Gasteiger partial charge in [-0.25, -0.2) is 9.31 Å². The molecule has 0 saturated carbocycles. The van der Waals surface area contributed by atoms with Crippen LogP contribution in [0.2, 0.25) is 0 Å². The van der Waals surface area contributed by atoms with E-state index in [9.17, 15) is 18.0 Å². The number of ether oxygens (including phenoxy) is 2. The molecule has 0 aliphatic rings. The van der Waals surface area contributed by atoms with E-state index in [-0.39, 0.29) is 23.6 Å². The SMILES string of the molecule is CCOc1cc(C(F)(F)F)n2nc(C(=O)OC)cc2c1. The average molecular weight is 288 g/mol. The van der Waals surface area contributed by atoms with Gasteiger partial charge in [0.2, 0.25) is 0 Å². The van der Waals surface area contributed by atoms with Crippen molar-refractivity contribution in [3.63, 3.8) is 0 Å². The van der Waals surface area contributed by atoms with Gasteiger partial charge in [-0.15, -0.1) is 0 Å². The molecule has 0 atom stereocenters. The monoisotopic (exact) mass is 288 g/mol. The van der Waals surface area contributed by atoms with Crippen LogP contribution in [0.1, 0.15) is 23.1 Å². The lowest BCUT2D eigenvalue weighted by Gasteiger charge is -2.11. The molecule has 0 radical (unpaired) electrons. The van der Waals surface area contributed by atoms with Gasteiger partial charge in [-0.3, -0.25) is 0 Å². The number of carbonyl (C=O) groups excluding carboxylic acids is 1. The normalized spacial score (nSPS) is 11.7. The minimum atomic E-state index is -4.62. The summed E-state index contributed by atoms with van der Waals surface area (Å²) >= 11 is 0. The molecule has 0 saturated heterocycles. The lowest BCUT2D eigenvalue weighted by Crippen LogP contribution is -2.13. The Bertz CT molecular complexity index is 649. The Balaban J connectivity index is 2.67. The van der Waals surface area contributed by atoms with Crippen LogP contribution < -0.4 is 4.74 Å². The van der Waals surface area contributed by atoms with Gasteiger partial charge in [-0.1, -0.05) is 0 Å². The van der Waals surface area contributed by atoms with Crippen LogP contribution in [0.15, 0.2) is 18.2 Å². The average Bonchev–Trinajstić information content (AvgIpc) is 2.79. The molecule has 2 aromatic heterocycles. The predicted molar refractivity (Wildman–Crippen MR) is 62.7 cm³/mol. The third kappa shape index (κ3) is 2.54. The summed E-state index contributed by atoms with van der Waals surface area (Å²) in [7, 11) is 1.13. The molecule has 2 aromatic rings. The van der Waals surface area contributed by atoms with Crippen molar-refractivity contribution in [2.45, 2.75) is 13.1 Å². The first-order valence-electron chi connectivity index (χ1n) is 5.69. The van der Waals surface area contributed by atoms with Crippen molar-refractivity contribution in [1.82, 2.24) is 9.61 Å². The van der Waals surface area contributed by atoms with E-state index in [0.717, 1.165) is 13.2 Å². The molecule has 2 rings (SSSR count). The quantitative estimate of drug-likeness (QED) is 0.814. The first kappa shape index (κ1) is 14.2. The molecule has 2 heterocycles. The molecule has 0 spiro atoms. The Labute approximate surface area is 111 Å². The summed E-state index contributed by atoms with van der Waals surface area (Å²) < 4.78 is 49.2. The van der Waals surface area contributed by atoms with E-state index >= 15 is 0 Å². The van der Waals surface area contributed by atoms with E-state index in [1.165, 1.54) is 12.1 Å². The van der Waals surface area contributed by atoms with Gasteiger partial charge >= 0.3 is 12.1 Å². The number of pyridine rings is 1. The number of alkyl halides is 3. The van der Waals surface area contributed by atoms with Crippen LogP contribution in [0.25, 0.3) is 5.52 Å². The maximum Gasteiger partial charge on any atom is 0.433 e. The fourth-order valence-electron chi connectivity index (χ4n) is 1.73. The predicted octanol–water partition coefficient (Wildman–Crippen LogP) is 2.54. The molecule has 108 valence electrons. The van der Waals surface area contributed by atoms with Gasteiger partial charge in [0.25, 0.3) is 0 Å². The number of esters is 1. The maximum atomic E-state index is 13.0. The van der Waals surface area contributed by atoms with Gasteiger partial charge in [-0.2, -0.15) is 18.3 Å². The van der Waals surface area contributed by atoms with Crippen molar-refractivity contribution >= 4 is 11.5 Å². The third-order valence-electron chi connectivity index (χ3n) is 2.53. The van der Waals surface area contributed by atoms with Gasteiger partial charge in [0.05, 0.1) is 19.2 Å². The first-order chi connectivity index (χ1) is 9.36. The zero-order valence-corrected chi connectivity index (χ0v) is 10.7. The summed E-state index contributed by atoms with van der Waals surface area (Å²) in [6.45, 7) is 1.89. The largest absolute Gasteiger partial charge is 0.494 e. The smallest absolute Gasteiger partial charge is 0.433 e. The van der Waals surface area contributed by atoms with Gasteiger partial charge < -0.3 is 9.47 Å². The van der Waals surface area contributed by atoms with Gasteiger partial charge in [0, 0.05) is 12.1 Å². The van der Waals surface area contributed by atoms with Crippen LogP contribution in [0.4, 0.5) is 13.2 Å². The molecule has 0 amide bonds. The standard InChI is InChI=1S/C12H11F3N2O3/c1-3-20-8-4-7-5-9(11(18)19-2)16-17(7)10(6-8)12(13,14)15/h4-6H,3H2,1-2H3. The van der Waals surface area contributed by atoms with Crippen LogP contribution >= 0.6 is 0 Å². The Morgan fingerprint density at radius 3 is 2.60 bits per heavy atom.